The fraction of sp³-hybridized carbons (Fsp3) is 0.500. The number of nitrogens with zero attached hydrogens (tertiary/aromatic N) is 2. The van der Waals surface area contributed by atoms with E-state index >= 15 is 0 Å². The van der Waals surface area contributed by atoms with Gasteiger partial charge in [-0.15, -0.1) is 11.8 Å². The van der Waals surface area contributed by atoms with Gasteiger partial charge in [0.1, 0.15) is 17.2 Å². The molecule has 13 heavy (non-hydrogen) atoms. The number of thioether (sulfide) groups is 1. The molecule has 3 nitrogen and oxygen atoms in total. The van der Waals surface area contributed by atoms with Crippen LogP contribution in [0.5, 0.6) is 0 Å². The zero-order chi connectivity index (χ0) is 9.84. The highest BCUT2D eigenvalue weighted by Gasteiger charge is 2.09. The second-order valence-corrected chi connectivity index (χ2v) is 4.93. The van der Waals surface area contributed by atoms with Crippen molar-refractivity contribution in [3.05, 3.63) is 10.8 Å². The van der Waals surface area contributed by atoms with E-state index in [0.717, 1.165) is 15.9 Å². The third-order valence-corrected chi connectivity index (χ3v) is 3.98. The first kappa shape index (κ1) is 10.8. The summed E-state index contributed by atoms with van der Waals surface area (Å²) in [7, 11) is 0. The van der Waals surface area contributed by atoms with Crippen molar-refractivity contribution in [2.24, 2.45) is 0 Å². The Hall–Kier alpha value is -0.290. The second-order valence-electron chi connectivity index (χ2n) is 2.71. The Morgan fingerprint density at radius 2 is 2.31 bits per heavy atom. The Morgan fingerprint density at radius 3 is 2.92 bits per heavy atom. The van der Waals surface area contributed by atoms with E-state index in [-0.39, 0.29) is 0 Å². The van der Waals surface area contributed by atoms with Gasteiger partial charge in [-0.2, -0.15) is 0 Å². The van der Waals surface area contributed by atoms with Gasteiger partial charge >= 0.3 is 0 Å². The van der Waals surface area contributed by atoms with E-state index in [1.807, 2.05) is 0 Å². The molecule has 0 bridgehead atoms. The molecule has 5 heteroatoms. The van der Waals surface area contributed by atoms with Crippen molar-refractivity contribution >= 4 is 33.5 Å². The largest absolute Gasteiger partial charge is 0.383 e. The van der Waals surface area contributed by atoms with Crippen LogP contribution in [0.3, 0.4) is 0 Å². The fourth-order valence-electron chi connectivity index (χ4n) is 0.722. The SMILES string of the molecule is CCC(C)Sc1ncnc(N)c1Br. The molecular weight excluding hydrogens is 250 g/mol. The van der Waals surface area contributed by atoms with Crippen LogP contribution in [0.4, 0.5) is 5.82 Å². The van der Waals surface area contributed by atoms with Crippen molar-refractivity contribution in [1.82, 2.24) is 9.97 Å². The molecule has 0 aliphatic carbocycles. The maximum Gasteiger partial charge on any atom is 0.142 e. The van der Waals surface area contributed by atoms with E-state index in [9.17, 15) is 0 Å². The lowest BCUT2D eigenvalue weighted by molar-refractivity contribution is 0.897. The van der Waals surface area contributed by atoms with Crippen molar-refractivity contribution in [2.75, 3.05) is 5.73 Å². The number of nitrogens with two attached hydrogens (primary N) is 1. The van der Waals surface area contributed by atoms with Crippen LogP contribution in [-0.4, -0.2) is 15.2 Å². The molecule has 0 aromatic carbocycles. The lowest BCUT2D eigenvalue weighted by Crippen LogP contribution is -1.98. The topological polar surface area (TPSA) is 51.8 Å². The predicted molar refractivity (Wildman–Crippen MR) is 59.8 cm³/mol. The maximum atomic E-state index is 5.63. The van der Waals surface area contributed by atoms with Gasteiger partial charge in [-0.05, 0) is 22.4 Å². The normalized spacial score (nSPS) is 12.8. The smallest absolute Gasteiger partial charge is 0.142 e. The van der Waals surface area contributed by atoms with E-state index in [2.05, 4.69) is 39.7 Å². The highest BCUT2D eigenvalue weighted by Crippen LogP contribution is 2.31. The first-order valence-corrected chi connectivity index (χ1v) is 5.75. The summed E-state index contributed by atoms with van der Waals surface area (Å²) >= 11 is 5.07. The number of aromatic nitrogens is 2. The van der Waals surface area contributed by atoms with Crippen LogP contribution in [0, 0.1) is 0 Å². The van der Waals surface area contributed by atoms with Crippen molar-refractivity contribution < 1.29 is 0 Å². The molecule has 0 saturated carbocycles. The second kappa shape index (κ2) is 4.81. The molecule has 0 amide bonds. The number of rotatable bonds is 3. The van der Waals surface area contributed by atoms with E-state index in [1.54, 1.807) is 11.8 Å². The van der Waals surface area contributed by atoms with Gasteiger partial charge in [0, 0.05) is 5.25 Å². The van der Waals surface area contributed by atoms with Gasteiger partial charge < -0.3 is 5.73 Å². The van der Waals surface area contributed by atoms with Gasteiger partial charge in [0.2, 0.25) is 0 Å². The maximum absolute atomic E-state index is 5.63. The molecule has 0 spiro atoms. The fourth-order valence-corrected chi connectivity index (χ4v) is 2.07. The number of hydrogen-bond donors (Lipinski definition) is 1. The average Bonchev–Trinajstić information content (AvgIpc) is 2.13. The molecule has 2 N–H and O–H groups in total. The van der Waals surface area contributed by atoms with Crippen LogP contribution in [-0.2, 0) is 0 Å². The van der Waals surface area contributed by atoms with Gasteiger partial charge in [-0.3, -0.25) is 0 Å². The highest BCUT2D eigenvalue weighted by atomic mass is 79.9. The van der Waals surface area contributed by atoms with Gasteiger partial charge in [0.05, 0.1) is 4.47 Å². The van der Waals surface area contributed by atoms with Crippen LogP contribution in [0.2, 0.25) is 0 Å². The number of hydrogen-bond acceptors (Lipinski definition) is 4. The lowest BCUT2D eigenvalue weighted by atomic mass is 10.4. The zero-order valence-corrected chi connectivity index (χ0v) is 10.0. The summed E-state index contributed by atoms with van der Waals surface area (Å²) in [5, 5.41) is 1.47. The zero-order valence-electron chi connectivity index (χ0n) is 7.62. The summed E-state index contributed by atoms with van der Waals surface area (Å²) in [5.41, 5.74) is 5.63. The number of anilines is 1. The molecule has 0 saturated heterocycles. The molecule has 0 radical (unpaired) electrons. The van der Waals surface area contributed by atoms with Gasteiger partial charge in [0.25, 0.3) is 0 Å². The lowest BCUT2D eigenvalue weighted by Gasteiger charge is -2.08. The predicted octanol–water partition coefficient (Wildman–Crippen LogP) is 2.71. The average molecular weight is 262 g/mol. The van der Waals surface area contributed by atoms with Gasteiger partial charge in [0.15, 0.2) is 0 Å². The quantitative estimate of drug-likeness (QED) is 0.672. The van der Waals surface area contributed by atoms with Crippen LogP contribution in [0.15, 0.2) is 15.8 Å². The van der Waals surface area contributed by atoms with Crippen LogP contribution >= 0.6 is 27.7 Å². The molecule has 1 aromatic heterocycles. The molecule has 1 heterocycles. The highest BCUT2D eigenvalue weighted by molar-refractivity contribution is 9.10. The van der Waals surface area contributed by atoms with E-state index in [0.29, 0.717) is 11.1 Å². The van der Waals surface area contributed by atoms with Gasteiger partial charge in [-0.25, -0.2) is 9.97 Å². The monoisotopic (exact) mass is 261 g/mol. The molecule has 1 rings (SSSR count). The van der Waals surface area contributed by atoms with Crippen molar-refractivity contribution in [1.29, 1.82) is 0 Å². The summed E-state index contributed by atoms with van der Waals surface area (Å²) in [5.74, 6) is 0.501. The third-order valence-electron chi connectivity index (χ3n) is 1.67. The van der Waals surface area contributed by atoms with Crippen molar-refractivity contribution in [2.45, 2.75) is 30.5 Å². The molecule has 0 fully saturated rings. The Labute approximate surface area is 90.7 Å². The number of halogens is 1. The molecular formula is C8H12BrN3S. The molecule has 0 aliphatic rings. The van der Waals surface area contributed by atoms with Gasteiger partial charge in [-0.1, -0.05) is 13.8 Å². The van der Waals surface area contributed by atoms with E-state index < -0.39 is 0 Å². The summed E-state index contributed by atoms with van der Waals surface area (Å²) in [6.07, 6.45) is 2.60. The Morgan fingerprint density at radius 1 is 1.62 bits per heavy atom. The first-order chi connectivity index (χ1) is 6.15. The van der Waals surface area contributed by atoms with E-state index in [4.69, 9.17) is 5.73 Å². The Bertz CT molecular complexity index is 293. The summed E-state index contributed by atoms with van der Waals surface area (Å²) in [6, 6.07) is 0. The minimum absolute atomic E-state index is 0.501. The minimum atomic E-state index is 0.501. The van der Waals surface area contributed by atoms with E-state index in [1.165, 1.54) is 6.33 Å². The standard InChI is InChI=1S/C8H12BrN3S/c1-3-5(2)13-8-6(9)7(10)11-4-12-8/h4-5H,3H2,1-2H3,(H2,10,11,12). The third kappa shape index (κ3) is 2.84. The van der Waals surface area contributed by atoms with Crippen LogP contribution in [0.1, 0.15) is 20.3 Å². The summed E-state index contributed by atoms with van der Waals surface area (Å²) < 4.78 is 0.806. The summed E-state index contributed by atoms with van der Waals surface area (Å²) in [6.45, 7) is 4.31. The minimum Gasteiger partial charge on any atom is -0.383 e. The molecule has 1 atom stereocenters. The first-order valence-electron chi connectivity index (χ1n) is 4.07. The Kier molecular flexibility index (Phi) is 3.99. The molecule has 1 aromatic rings. The van der Waals surface area contributed by atoms with Crippen molar-refractivity contribution in [3.63, 3.8) is 0 Å². The molecule has 1 unspecified atom stereocenters. The van der Waals surface area contributed by atoms with Crippen LogP contribution in [0.25, 0.3) is 0 Å². The Balaban J connectivity index is 2.83. The molecule has 0 aliphatic heterocycles. The van der Waals surface area contributed by atoms with Crippen LogP contribution < -0.4 is 5.73 Å². The summed E-state index contributed by atoms with van der Waals surface area (Å²) in [4.78, 5) is 8.03. The van der Waals surface area contributed by atoms with Crippen molar-refractivity contribution in [3.8, 4) is 0 Å². The number of nitrogen functional groups attached to an aromatic ring is 1. The molecule has 72 valence electrons.